The number of aliphatic hydroxyl groups is 1. The Morgan fingerprint density at radius 3 is 2.82 bits per heavy atom. The van der Waals surface area contributed by atoms with Crippen molar-refractivity contribution >= 4 is 12.0 Å². The fourth-order valence-electron chi connectivity index (χ4n) is 3.86. The van der Waals surface area contributed by atoms with Crippen LogP contribution in [-0.2, 0) is 0 Å². The number of allylic oxidation sites excluding steroid dienone is 1. The van der Waals surface area contributed by atoms with Crippen molar-refractivity contribution in [3.63, 3.8) is 0 Å². The molecule has 4 rings (SSSR count). The summed E-state index contributed by atoms with van der Waals surface area (Å²) in [4.78, 5) is 16.8. The molecule has 3 N–H and O–H groups in total. The quantitative estimate of drug-likeness (QED) is 0.742. The van der Waals surface area contributed by atoms with Crippen LogP contribution in [0.1, 0.15) is 52.4 Å². The first-order valence-corrected chi connectivity index (χ1v) is 10.4. The van der Waals surface area contributed by atoms with E-state index in [1.165, 1.54) is 0 Å². The molecular weight excluding hydrogens is 350 g/mol. The van der Waals surface area contributed by atoms with Crippen molar-refractivity contribution in [2.24, 2.45) is 10.9 Å². The van der Waals surface area contributed by atoms with Gasteiger partial charge in [-0.1, -0.05) is 26.0 Å². The second-order valence-corrected chi connectivity index (χ2v) is 7.06. The number of H-pyrrole nitrogens is 1. The smallest absolute Gasteiger partial charge is 0.223 e. The van der Waals surface area contributed by atoms with Crippen LogP contribution < -0.4 is 16.0 Å². The molecule has 0 unspecified atom stereocenters. The van der Waals surface area contributed by atoms with Gasteiger partial charge < -0.3 is 15.4 Å². The number of rotatable bonds is 5. The van der Waals surface area contributed by atoms with Crippen LogP contribution in [-0.4, -0.2) is 32.7 Å². The molecule has 6 heteroatoms. The van der Waals surface area contributed by atoms with E-state index in [-0.39, 0.29) is 0 Å². The summed E-state index contributed by atoms with van der Waals surface area (Å²) in [6.07, 6.45) is 16.2. The van der Waals surface area contributed by atoms with Gasteiger partial charge in [-0.25, -0.2) is 15.0 Å². The molecule has 0 radical (unpaired) electrons. The maximum Gasteiger partial charge on any atom is 0.223 e. The average molecular weight is 382 g/mol. The monoisotopic (exact) mass is 381 g/mol. The SMILES string of the molecule is CC.OCCC1CCC(Nc2nccc(-c3c[nH]c4c3=CCC=CN=4)n2)CC1. The maximum absolute atomic E-state index is 9.09. The predicted molar refractivity (Wildman–Crippen MR) is 113 cm³/mol. The van der Waals surface area contributed by atoms with Gasteiger partial charge in [0.05, 0.1) is 5.69 Å². The third-order valence-electron chi connectivity index (χ3n) is 5.31. The summed E-state index contributed by atoms with van der Waals surface area (Å²) in [6.45, 7) is 4.30. The van der Waals surface area contributed by atoms with Gasteiger partial charge in [-0.15, -0.1) is 0 Å². The molecule has 1 aliphatic heterocycles. The summed E-state index contributed by atoms with van der Waals surface area (Å²) in [5.41, 5.74) is 2.84. The number of nitrogens with one attached hydrogen (secondary N) is 2. The Morgan fingerprint density at radius 2 is 2.04 bits per heavy atom. The zero-order chi connectivity index (χ0) is 19.8. The summed E-state index contributed by atoms with van der Waals surface area (Å²) in [5, 5.41) is 13.7. The Kier molecular flexibility index (Phi) is 7.37. The largest absolute Gasteiger partial charge is 0.396 e. The molecule has 1 aliphatic carbocycles. The van der Waals surface area contributed by atoms with Crippen LogP contribution in [0.25, 0.3) is 17.3 Å². The van der Waals surface area contributed by atoms with Crippen LogP contribution in [0.3, 0.4) is 0 Å². The first-order valence-electron chi connectivity index (χ1n) is 10.4. The van der Waals surface area contributed by atoms with Crippen molar-refractivity contribution in [2.75, 3.05) is 11.9 Å². The summed E-state index contributed by atoms with van der Waals surface area (Å²) in [6, 6.07) is 2.35. The van der Waals surface area contributed by atoms with Gasteiger partial charge >= 0.3 is 0 Å². The molecule has 1 saturated carbocycles. The number of aromatic nitrogens is 3. The van der Waals surface area contributed by atoms with E-state index in [0.29, 0.717) is 24.5 Å². The van der Waals surface area contributed by atoms with Gasteiger partial charge in [0.25, 0.3) is 0 Å². The molecule has 2 aliphatic rings. The summed E-state index contributed by atoms with van der Waals surface area (Å²) >= 11 is 0. The molecule has 2 aromatic rings. The minimum atomic E-state index is 0.299. The van der Waals surface area contributed by atoms with Gasteiger partial charge in [0.15, 0.2) is 0 Å². The van der Waals surface area contributed by atoms with Crippen molar-refractivity contribution < 1.29 is 5.11 Å². The highest BCUT2D eigenvalue weighted by molar-refractivity contribution is 5.61. The third kappa shape index (κ3) is 4.87. The number of aromatic amines is 1. The van der Waals surface area contributed by atoms with Gasteiger partial charge in [-0.05, 0) is 50.5 Å². The van der Waals surface area contributed by atoms with Gasteiger partial charge in [-0.3, -0.25) is 0 Å². The molecule has 0 spiro atoms. The van der Waals surface area contributed by atoms with E-state index < -0.39 is 0 Å². The van der Waals surface area contributed by atoms with Crippen LogP contribution >= 0.6 is 0 Å². The fourth-order valence-corrected chi connectivity index (χ4v) is 3.86. The number of hydrogen-bond acceptors (Lipinski definition) is 5. The minimum Gasteiger partial charge on any atom is -0.396 e. The lowest BCUT2D eigenvalue weighted by molar-refractivity contribution is 0.225. The third-order valence-corrected chi connectivity index (χ3v) is 5.31. The summed E-state index contributed by atoms with van der Waals surface area (Å²) in [7, 11) is 0. The van der Waals surface area contributed by atoms with Crippen LogP contribution in [0.2, 0.25) is 0 Å². The Labute approximate surface area is 166 Å². The summed E-state index contributed by atoms with van der Waals surface area (Å²) < 4.78 is 0. The molecule has 6 nitrogen and oxygen atoms in total. The van der Waals surface area contributed by atoms with E-state index in [2.05, 4.69) is 26.4 Å². The lowest BCUT2D eigenvalue weighted by Gasteiger charge is -2.28. The lowest BCUT2D eigenvalue weighted by atomic mass is 9.84. The van der Waals surface area contributed by atoms with Gasteiger partial charge in [0.1, 0.15) is 5.49 Å². The Hall–Kier alpha value is -2.47. The minimum absolute atomic E-state index is 0.299. The first-order chi connectivity index (χ1) is 13.8. The van der Waals surface area contributed by atoms with Crippen molar-refractivity contribution in [3.8, 4) is 11.3 Å². The number of hydrogen-bond donors (Lipinski definition) is 3. The second-order valence-electron chi connectivity index (χ2n) is 7.06. The molecule has 3 heterocycles. The van der Waals surface area contributed by atoms with E-state index in [1.807, 2.05) is 44.6 Å². The van der Waals surface area contributed by atoms with Crippen LogP contribution in [0.4, 0.5) is 5.95 Å². The number of anilines is 1. The number of aliphatic hydroxyl groups excluding tert-OH is 1. The van der Waals surface area contributed by atoms with E-state index in [0.717, 1.165) is 60.5 Å². The fraction of sp³-hybridized carbons (Fsp3) is 0.500. The predicted octanol–water partition coefficient (Wildman–Crippen LogP) is 3.17. The van der Waals surface area contributed by atoms with E-state index in [9.17, 15) is 0 Å². The molecule has 0 bridgehead atoms. The Balaban J connectivity index is 0.00000109. The van der Waals surface area contributed by atoms with E-state index in [1.54, 1.807) is 0 Å². The molecular formula is C22H31N5O. The molecule has 0 saturated heterocycles. The topological polar surface area (TPSA) is 86.2 Å². The highest BCUT2D eigenvalue weighted by atomic mass is 16.3. The zero-order valence-corrected chi connectivity index (χ0v) is 16.9. The van der Waals surface area contributed by atoms with E-state index >= 15 is 0 Å². The zero-order valence-electron chi connectivity index (χ0n) is 16.9. The molecule has 0 aromatic carbocycles. The van der Waals surface area contributed by atoms with Gasteiger partial charge in [0.2, 0.25) is 5.95 Å². The van der Waals surface area contributed by atoms with E-state index in [4.69, 9.17) is 10.1 Å². The van der Waals surface area contributed by atoms with Crippen LogP contribution in [0.15, 0.2) is 35.7 Å². The second kappa shape index (κ2) is 10.2. The first kappa shape index (κ1) is 20.3. The van der Waals surface area contributed by atoms with Crippen LogP contribution in [0.5, 0.6) is 0 Å². The molecule has 1 fully saturated rings. The normalized spacial score (nSPS) is 20.7. The Morgan fingerprint density at radius 1 is 1.21 bits per heavy atom. The van der Waals surface area contributed by atoms with Crippen molar-refractivity contribution in [3.05, 3.63) is 41.4 Å². The van der Waals surface area contributed by atoms with Crippen molar-refractivity contribution in [1.82, 2.24) is 15.0 Å². The number of fused-ring (bicyclic) bond motifs is 1. The average Bonchev–Trinajstić information content (AvgIpc) is 3.00. The van der Waals surface area contributed by atoms with Crippen molar-refractivity contribution in [1.29, 1.82) is 0 Å². The Bertz CT molecular complexity index is 894. The molecule has 2 aromatic heterocycles. The molecule has 28 heavy (non-hydrogen) atoms. The highest BCUT2D eigenvalue weighted by Gasteiger charge is 2.21. The number of nitrogens with zero attached hydrogens (tertiary/aromatic N) is 3. The molecule has 0 atom stereocenters. The van der Waals surface area contributed by atoms with Gasteiger partial charge in [-0.2, -0.15) is 0 Å². The maximum atomic E-state index is 9.09. The van der Waals surface area contributed by atoms with Crippen molar-refractivity contribution in [2.45, 2.75) is 58.4 Å². The van der Waals surface area contributed by atoms with Gasteiger partial charge in [0, 0.05) is 42.0 Å². The standard InChI is InChI=1S/C20H25N5O.C2H6/c26-12-9-14-4-6-15(7-5-14)24-20-22-11-8-18(25-20)17-13-23-19-16(17)3-1-2-10-21-19;1-2/h2-3,8,10-11,13-15,26H,1,4-7,9,12H2,(H,21,23)(H,22,24,25);1-2H3. The highest BCUT2D eigenvalue weighted by Crippen LogP contribution is 2.28. The summed E-state index contributed by atoms with van der Waals surface area (Å²) in [5.74, 6) is 1.35. The lowest BCUT2D eigenvalue weighted by Crippen LogP contribution is -2.27. The molecule has 0 amide bonds. The van der Waals surface area contributed by atoms with Crippen LogP contribution in [0, 0.1) is 5.92 Å². The molecule has 150 valence electrons.